The molecule has 33 heavy (non-hydrogen) atoms. The number of carbonyl (C=O) groups excluding carboxylic acids is 2. The Bertz CT molecular complexity index is 1130. The van der Waals surface area contributed by atoms with Gasteiger partial charge < -0.3 is 15.0 Å². The molecule has 2 aliphatic heterocycles. The average molecular weight is 492 g/mol. The van der Waals surface area contributed by atoms with Gasteiger partial charge in [0.05, 0.1) is 11.1 Å². The number of amides is 2. The van der Waals surface area contributed by atoms with Crippen molar-refractivity contribution >= 4 is 39.1 Å². The molecular weight excluding hydrogens is 466 g/mol. The zero-order valence-corrected chi connectivity index (χ0v) is 19.6. The number of nitrogens with one attached hydrogen (secondary N) is 2. The van der Waals surface area contributed by atoms with Gasteiger partial charge in [-0.3, -0.25) is 9.59 Å². The fourth-order valence-electron chi connectivity index (χ4n) is 3.94. The molecule has 0 radical (unpaired) electrons. The maximum atomic E-state index is 12.7. The summed E-state index contributed by atoms with van der Waals surface area (Å²) in [6.07, 6.45) is 2.98. The minimum absolute atomic E-state index is 0.0402. The Morgan fingerprint density at radius 2 is 1.94 bits per heavy atom. The van der Waals surface area contributed by atoms with Crippen LogP contribution in [0.5, 0.6) is 0 Å². The van der Waals surface area contributed by atoms with Crippen LogP contribution in [0, 0.1) is 0 Å². The highest BCUT2D eigenvalue weighted by atomic mass is 35.5. The van der Waals surface area contributed by atoms with Gasteiger partial charge in [0, 0.05) is 43.9 Å². The number of rotatable bonds is 8. The van der Waals surface area contributed by atoms with E-state index in [9.17, 15) is 18.0 Å². The van der Waals surface area contributed by atoms with E-state index in [0.29, 0.717) is 13.0 Å². The number of carbonyl (C=O) groups is 2. The Morgan fingerprint density at radius 1 is 1.15 bits per heavy atom. The number of anilines is 1. The molecule has 0 bridgehead atoms. The summed E-state index contributed by atoms with van der Waals surface area (Å²) in [4.78, 5) is 26.1. The predicted molar refractivity (Wildman–Crippen MR) is 125 cm³/mol. The molecule has 0 spiro atoms. The van der Waals surface area contributed by atoms with Crippen LogP contribution in [0.2, 0.25) is 5.02 Å². The first-order chi connectivity index (χ1) is 15.8. The third kappa shape index (κ3) is 5.73. The SMILES string of the molecule is O=C(NCc1ccc(N2CCCC2=O)cc1)c1ccc(Cl)c(S(=O)(=O)NCC2CCCO2)c1. The van der Waals surface area contributed by atoms with Crippen LogP contribution in [0.1, 0.15) is 41.6 Å². The molecule has 1 unspecified atom stereocenters. The zero-order valence-electron chi connectivity index (χ0n) is 18.1. The van der Waals surface area contributed by atoms with Crippen LogP contribution in [0.3, 0.4) is 0 Å². The molecule has 10 heteroatoms. The van der Waals surface area contributed by atoms with Crippen molar-refractivity contribution in [3.05, 3.63) is 58.6 Å². The second-order valence-electron chi connectivity index (χ2n) is 8.13. The Labute approximate surface area is 198 Å². The van der Waals surface area contributed by atoms with Gasteiger partial charge in [-0.25, -0.2) is 13.1 Å². The molecule has 2 aromatic rings. The molecular formula is C23H26ClN3O5S. The third-order valence-corrected chi connectivity index (χ3v) is 7.69. The summed E-state index contributed by atoms with van der Waals surface area (Å²) in [5.41, 5.74) is 1.89. The van der Waals surface area contributed by atoms with E-state index in [2.05, 4.69) is 10.0 Å². The van der Waals surface area contributed by atoms with Crippen molar-refractivity contribution in [2.75, 3.05) is 24.6 Å². The largest absolute Gasteiger partial charge is 0.377 e. The molecule has 0 aromatic heterocycles. The van der Waals surface area contributed by atoms with Crippen molar-refractivity contribution in [1.29, 1.82) is 0 Å². The molecule has 4 rings (SSSR count). The van der Waals surface area contributed by atoms with Crippen LogP contribution < -0.4 is 14.9 Å². The number of sulfonamides is 1. The minimum Gasteiger partial charge on any atom is -0.377 e. The lowest BCUT2D eigenvalue weighted by atomic mass is 10.1. The molecule has 176 valence electrons. The second kappa shape index (κ2) is 10.2. The maximum absolute atomic E-state index is 12.7. The first-order valence-corrected chi connectivity index (χ1v) is 12.8. The molecule has 0 aliphatic carbocycles. The number of hydrogen-bond acceptors (Lipinski definition) is 5. The van der Waals surface area contributed by atoms with Crippen LogP contribution in [0.15, 0.2) is 47.4 Å². The van der Waals surface area contributed by atoms with Crippen molar-refractivity contribution < 1.29 is 22.7 Å². The van der Waals surface area contributed by atoms with Crippen molar-refractivity contribution in [2.24, 2.45) is 0 Å². The molecule has 0 saturated carbocycles. The molecule has 2 heterocycles. The van der Waals surface area contributed by atoms with Gasteiger partial charge in [0.25, 0.3) is 5.91 Å². The number of nitrogens with zero attached hydrogens (tertiary/aromatic N) is 1. The highest BCUT2D eigenvalue weighted by molar-refractivity contribution is 7.89. The standard InChI is InChI=1S/C23H26ClN3O5S/c24-20-10-7-17(13-21(20)33(30,31)26-15-19-3-2-12-32-19)23(29)25-14-16-5-8-18(9-6-16)27-11-1-4-22(27)28/h5-10,13,19,26H,1-4,11-12,14-15H2,(H,25,29). The minimum atomic E-state index is -3.89. The zero-order chi connectivity index (χ0) is 23.4. The topological polar surface area (TPSA) is 105 Å². The lowest BCUT2D eigenvalue weighted by Crippen LogP contribution is -2.32. The molecule has 2 amide bonds. The lowest BCUT2D eigenvalue weighted by molar-refractivity contribution is -0.117. The fourth-order valence-corrected chi connectivity index (χ4v) is 5.53. The molecule has 2 fully saturated rings. The predicted octanol–water partition coefficient (Wildman–Crippen LogP) is 2.85. The molecule has 2 aliphatic rings. The van der Waals surface area contributed by atoms with Gasteiger partial charge in [-0.15, -0.1) is 0 Å². The average Bonchev–Trinajstić information content (AvgIpc) is 3.48. The van der Waals surface area contributed by atoms with Crippen LogP contribution in [-0.2, 0) is 26.1 Å². The molecule has 8 nitrogen and oxygen atoms in total. The maximum Gasteiger partial charge on any atom is 0.251 e. The lowest BCUT2D eigenvalue weighted by Gasteiger charge is -2.16. The normalized spacial score (nSPS) is 18.6. The number of hydrogen-bond donors (Lipinski definition) is 2. The summed E-state index contributed by atoms with van der Waals surface area (Å²) in [6, 6.07) is 11.6. The number of halogens is 1. The van der Waals surface area contributed by atoms with Gasteiger partial charge in [-0.1, -0.05) is 23.7 Å². The van der Waals surface area contributed by atoms with Crippen molar-refractivity contribution in [3.8, 4) is 0 Å². The summed E-state index contributed by atoms with van der Waals surface area (Å²) < 4.78 is 33.4. The number of benzene rings is 2. The van der Waals surface area contributed by atoms with E-state index in [4.69, 9.17) is 16.3 Å². The highest BCUT2D eigenvalue weighted by Crippen LogP contribution is 2.24. The van der Waals surface area contributed by atoms with E-state index in [0.717, 1.165) is 37.1 Å². The highest BCUT2D eigenvalue weighted by Gasteiger charge is 2.24. The Hall–Kier alpha value is -2.46. The van der Waals surface area contributed by atoms with E-state index in [1.807, 2.05) is 24.3 Å². The smallest absolute Gasteiger partial charge is 0.251 e. The quantitative estimate of drug-likeness (QED) is 0.590. The van der Waals surface area contributed by atoms with Gasteiger partial charge in [0.1, 0.15) is 4.90 Å². The fraction of sp³-hybridized carbons (Fsp3) is 0.391. The van der Waals surface area contributed by atoms with Crippen molar-refractivity contribution in [2.45, 2.75) is 43.2 Å². The third-order valence-electron chi connectivity index (χ3n) is 5.78. The van der Waals surface area contributed by atoms with Gasteiger partial charge in [-0.05, 0) is 55.2 Å². The summed E-state index contributed by atoms with van der Waals surface area (Å²) >= 11 is 6.12. The van der Waals surface area contributed by atoms with Gasteiger partial charge in [0.2, 0.25) is 15.9 Å². The first kappa shape index (κ1) is 23.7. The monoisotopic (exact) mass is 491 g/mol. The summed E-state index contributed by atoms with van der Waals surface area (Å²) in [7, 11) is -3.89. The second-order valence-corrected chi connectivity index (χ2v) is 10.3. The van der Waals surface area contributed by atoms with E-state index in [1.54, 1.807) is 4.90 Å². The van der Waals surface area contributed by atoms with Crippen molar-refractivity contribution in [1.82, 2.24) is 10.0 Å². The van der Waals surface area contributed by atoms with Crippen molar-refractivity contribution in [3.63, 3.8) is 0 Å². The van der Waals surface area contributed by atoms with Crippen LogP contribution in [0.4, 0.5) is 5.69 Å². The molecule has 2 aromatic carbocycles. The summed E-state index contributed by atoms with van der Waals surface area (Å²) in [5.74, 6) is -0.296. The van der Waals surface area contributed by atoms with Crippen LogP contribution >= 0.6 is 11.6 Å². The number of ether oxygens (including phenoxy) is 1. The van der Waals surface area contributed by atoms with Gasteiger partial charge in [-0.2, -0.15) is 0 Å². The van der Waals surface area contributed by atoms with E-state index < -0.39 is 15.9 Å². The molecule has 2 saturated heterocycles. The van der Waals surface area contributed by atoms with E-state index >= 15 is 0 Å². The Kier molecular flexibility index (Phi) is 7.33. The molecule has 1 atom stereocenters. The van der Waals surface area contributed by atoms with Crippen LogP contribution in [-0.4, -0.2) is 46.0 Å². The Balaban J connectivity index is 1.38. The van der Waals surface area contributed by atoms with E-state index in [1.165, 1.54) is 18.2 Å². The van der Waals surface area contributed by atoms with Gasteiger partial charge >= 0.3 is 0 Å². The van der Waals surface area contributed by atoms with Gasteiger partial charge in [0.15, 0.2) is 0 Å². The Morgan fingerprint density at radius 3 is 2.61 bits per heavy atom. The summed E-state index contributed by atoms with van der Waals surface area (Å²) in [5, 5.41) is 2.83. The molecule has 2 N–H and O–H groups in total. The van der Waals surface area contributed by atoms with Crippen LogP contribution in [0.25, 0.3) is 0 Å². The van der Waals surface area contributed by atoms with E-state index in [-0.39, 0.29) is 40.6 Å². The first-order valence-electron chi connectivity index (χ1n) is 10.9. The summed E-state index contributed by atoms with van der Waals surface area (Å²) in [6.45, 7) is 1.77.